The maximum Gasteiger partial charge on any atom is 0.408 e. The Hall–Kier alpha value is -4.32. The minimum absolute atomic E-state index is 0.0110. The Kier molecular flexibility index (Phi) is 14.3. The van der Waals surface area contributed by atoms with Crippen molar-refractivity contribution in [1.29, 1.82) is 0 Å². The molecule has 0 fully saturated rings. The van der Waals surface area contributed by atoms with Crippen LogP contribution in [0.4, 0.5) is 4.79 Å². The van der Waals surface area contributed by atoms with E-state index < -0.39 is 41.6 Å². The van der Waals surface area contributed by atoms with Gasteiger partial charge in [-0.1, -0.05) is 68.2 Å². The fourth-order valence-electron chi connectivity index (χ4n) is 4.45. The SMILES string of the molecule is C#Cc1ccc(C(C(=O)NCCC(=O)OCC)N(CCCCC)C(=O)C(Cc2ccccc2)NC(=O)OC(C)(C)C)cc1. The second-order valence-electron chi connectivity index (χ2n) is 11.1. The highest BCUT2D eigenvalue weighted by Gasteiger charge is 2.36. The van der Waals surface area contributed by atoms with Gasteiger partial charge in [0, 0.05) is 25.1 Å². The van der Waals surface area contributed by atoms with E-state index in [-0.39, 0.29) is 32.5 Å². The Bertz CT molecular complexity index is 1230. The van der Waals surface area contributed by atoms with Crippen LogP contribution in [0.2, 0.25) is 0 Å². The maximum atomic E-state index is 14.4. The van der Waals surface area contributed by atoms with Crippen LogP contribution in [0.5, 0.6) is 0 Å². The van der Waals surface area contributed by atoms with Gasteiger partial charge < -0.3 is 25.0 Å². The lowest BCUT2D eigenvalue weighted by atomic mass is 9.99. The van der Waals surface area contributed by atoms with E-state index in [4.69, 9.17) is 15.9 Å². The number of amides is 3. The molecular formula is C34H45N3O6. The number of esters is 1. The van der Waals surface area contributed by atoms with E-state index in [9.17, 15) is 19.2 Å². The van der Waals surface area contributed by atoms with Crippen molar-refractivity contribution in [1.82, 2.24) is 15.5 Å². The minimum atomic E-state index is -1.04. The highest BCUT2D eigenvalue weighted by atomic mass is 16.6. The molecule has 0 heterocycles. The standard InChI is InChI=1S/C34H45N3O6/c1-7-10-14-23-37(32(40)28(24-26-15-12-11-13-16-26)36-33(41)43-34(4,5)6)30(27-19-17-25(8-2)18-20-27)31(39)35-22-21-29(38)42-9-3/h2,11-13,15-20,28,30H,7,9-10,14,21-24H2,1,3-6H3,(H,35,39)(H,36,41). The van der Waals surface area contributed by atoms with Crippen LogP contribution in [0.1, 0.15) is 83.0 Å². The maximum absolute atomic E-state index is 14.4. The Morgan fingerprint density at radius 3 is 2.23 bits per heavy atom. The number of carbonyl (C=O) groups is 4. The van der Waals surface area contributed by atoms with Crippen molar-refractivity contribution in [3.63, 3.8) is 0 Å². The molecule has 0 aliphatic rings. The number of carbonyl (C=O) groups excluding carboxylic acids is 4. The average Bonchev–Trinajstić information content (AvgIpc) is 2.96. The van der Waals surface area contributed by atoms with Crippen molar-refractivity contribution < 1.29 is 28.7 Å². The van der Waals surface area contributed by atoms with Crippen molar-refractivity contribution in [3.05, 3.63) is 71.3 Å². The second kappa shape index (κ2) is 17.6. The predicted octanol–water partition coefficient (Wildman–Crippen LogP) is 4.93. The molecule has 0 spiro atoms. The molecule has 0 aliphatic carbocycles. The fraction of sp³-hybridized carbons (Fsp3) is 0.471. The second-order valence-corrected chi connectivity index (χ2v) is 11.1. The molecule has 2 aromatic carbocycles. The molecule has 232 valence electrons. The summed E-state index contributed by atoms with van der Waals surface area (Å²) >= 11 is 0. The zero-order chi connectivity index (χ0) is 31.8. The van der Waals surface area contributed by atoms with E-state index in [1.54, 1.807) is 52.0 Å². The quantitative estimate of drug-likeness (QED) is 0.172. The van der Waals surface area contributed by atoms with E-state index in [1.165, 1.54) is 4.90 Å². The van der Waals surface area contributed by atoms with Crippen LogP contribution < -0.4 is 10.6 Å². The fourth-order valence-corrected chi connectivity index (χ4v) is 4.45. The van der Waals surface area contributed by atoms with Gasteiger partial charge in [0.05, 0.1) is 13.0 Å². The third-order valence-electron chi connectivity index (χ3n) is 6.44. The monoisotopic (exact) mass is 591 g/mol. The summed E-state index contributed by atoms with van der Waals surface area (Å²) in [4.78, 5) is 54.5. The van der Waals surface area contributed by atoms with Gasteiger partial charge in [0.1, 0.15) is 17.7 Å². The number of hydrogen-bond donors (Lipinski definition) is 2. The van der Waals surface area contributed by atoms with Crippen molar-refractivity contribution in [3.8, 4) is 12.3 Å². The summed E-state index contributed by atoms with van der Waals surface area (Å²) in [6, 6.07) is 14.1. The molecule has 0 aliphatic heterocycles. The smallest absolute Gasteiger partial charge is 0.408 e. The van der Waals surface area contributed by atoms with Crippen molar-refractivity contribution >= 4 is 23.9 Å². The van der Waals surface area contributed by atoms with Crippen LogP contribution in [0.3, 0.4) is 0 Å². The van der Waals surface area contributed by atoms with Crippen molar-refractivity contribution in [2.75, 3.05) is 19.7 Å². The number of rotatable bonds is 15. The summed E-state index contributed by atoms with van der Waals surface area (Å²) in [5.41, 5.74) is 1.24. The van der Waals surface area contributed by atoms with E-state index >= 15 is 0 Å². The highest BCUT2D eigenvalue weighted by Crippen LogP contribution is 2.25. The van der Waals surface area contributed by atoms with Crippen LogP contribution in [-0.4, -0.2) is 60.1 Å². The van der Waals surface area contributed by atoms with Gasteiger partial charge in [-0.3, -0.25) is 14.4 Å². The van der Waals surface area contributed by atoms with Gasteiger partial charge in [0.2, 0.25) is 11.8 Å². The Labute approximate surface area is 255 Å². The Balaban J connectivity index is 2.52. The van der Waals surface area contributed by atoms with Gasteiger partial charge in [-0.15, -0.1) is 6.42 Å². The molecule has 0 bridgehead atoms. The first-order valence-electron chi connectivity index (χ1n) is 14.8. The average molecular weight is 592 g/mol. The molecule has 2 aromatic rings. The van der Waals surface area contributed by atoms with E-state index in [1.807, 2.05) is 37.3 Å². The third-order valence-corrected chi connectivity index (χ3v) is 6.44. The molecule has 3 amide bonds. The minimum Gasteiger partial charge on any atom is -0.466 e. The first kappa shape index (κ1) is 34.9. The van der Waals surface area contributed by atoms with Gasteiger partial charge >= 0.3 is 12.1 Å². The van der Waals surface area contributed by atoms with Gasteiger partial charge in [0.15, 0.2) is 0 Å². The third kappa shape index (κ3) is 12.2. The Morgan fingerprint density at radius 1 is 0.977 bits per heavy atom. The predicted molar refractivity (Wildman–Crippen MR) is 166 cm³/mol. The molecule has 2 N–H and O–H groups in total. The van der Waals surface area contributed by atoms with E-state index in [0.717, 1.165) is 18.4 Å². The van der Waals surface area contributed by atoms with Crippen molar-refractivity contribution in [2.24, 2.45) is 0 Å². The number of terminal acetylenes is 1. The molecule has 2 rings (SSSR count). The first-order valence-corrected chi connectivity index (χ1v) is 14.8. The van der Waals surface area contributed by atoms with E-state index in [2.05, 4.69) is 16.6 Å². The number of unbranched alkanes of at least 4 members (excludes halogenated alkanes) is 2. The van der Waals surface area contributed by atoms with Gasteiger partial charge in [-0.25, -0.2) is 4.79 Å². The summed E-state index contributed by atoms with van der Waals surface area (Å²) in [6.07, 6.45) is 7.38. The molecular weight excluding hydrogens is 546 g/mol. The number of alkyl carbamates (subject to hydrolysis) is 1. The van der Waals surface area contributed by atoms with Crippen LogP contribution in [0.15, 0.2) is 54.6 Å². The largest absolute Gasteiger partial charge is 0.466 e. The normalized spacial score (nSPS) is 12.3. The molecule has 0 saturated carbocycles. The molecule has 9 heteroatoms. The number of nitrogens with one attached hydrogen (secondary N) is 2. The van der Waals surface area contributed by atoms with Crippen LogP contribution in [0.25, 0.3) is 0 Å². The van der Waals surface area contributed by atoms with Gasteiger partial charge in [-0.2, -0.15) is 0 Å². The number of ether oxygens (including phenoxy) is 2. The van der Waals surface area contributed by atoms with Crippen LogP contribution >= 0.6 is 0 Å². The van der Waals surface area contributed by atoms with Gasteiger partial charge in [-0.05, 0) is 57.4 Å². The summed E-state index contributed by atoms with van der Waals surface area (Å²) < 4.78 is 10.5. The molecule has 43 heavy (non-hydrogen) atoms. The summed E-state index contributed by atoms with van der Waals surface area (Å²) in [6.45, 7) is 9.54. The molecule has 0 aromatic heterocycles. The number of nitrogens with zero attached hydrogens (tertiary/aromatic N) is 1. The van der Waals surface area contributed by atoms with Gasteiger partial charge in [0.25, 0.3) is 0 Å². The van der Waals surface area contributed by atoms with Crippen molar-refractivity contribution in [2.45, 2.75) is 84.4 Å². The molecule has 0 radical (unpaired) electrons. The first-order chi connectivity index (χ1) is 20.5. The molecule has 0 saturated heterocycles. The van der Waals surface area contributed by atoms with Crippen LogP contribution in [0, 0.1) is 12.3 Å². The summed E-state index contributed by atoms with van der Waals surface area (Å²) in [7, 11) is 0. The summed E-state index contributed by atoms with van der Waals surface area (Å²) in [5, 5.41) is 5.56. The zero-order valence-corrected chi connectivity index (χ0v) is 26.0. The Morgan fingerprint density at radius 2 is 1.65 bits per heavy atom. The molecule has 2 atom stereocenters. The number of hydrogen-bond acceptors (Lipinski definition) is 6. The highest BCUT2D eigenvalue weighted by molar-refractivity contribution is 5.92. The van der Waals surface area contributed by atoms with E-state index in [0.29, 0.717) is 17.5 Å². The molecule has 2 unspecified atom stereocenters. The number of benzene rings is 2. The van der Waals surface area contributed by atoms with Crippen LogP contribution in [-0.2, 0) is 30.3 Å². The molecule has 9 nitrogen and oxygen atoms in total. The summed E-state index contributed by atoms with van der Waals surface area (Å²) in [5.74, 6) is 1.24. The topological polar surface area (TPSA) is 114 Å². The lowest BCUT2D eigenvalue weighted by Gasteiger charge is -2.34. The lowest BCUT2D eigenvalue weighted by molar-refractivity contribution is -0.144. The zero-order valence-electron chi connectivity index (χ0n) is 26.0. The lowest BCUT2D eigenvalue weighted by Crippen LogP contribution is -2.54.